The van der Waals surface area contributed by atoms with E-state index in [9.17, 15) is 0 Å². The molecule has 2 atom stereocenters. The van der Waals surface area contributed by atoms with Crippen molar-refractivity contribution < 1.29 is 0 Å². The lowest BCUT2D eigenvalue weighted by molar-refractivity contribution is 0.151. The van der Waals surface area contributed by atoms with Gasteiger partial charge >= 0.3 is 0 Å². The van der Waals surface area contributed by atoms with Crippen LogP contribution in [0.25, 0.3) is 0 Å². The van der Waals surface area contributed by atoms with Crippen molar-refractivity contribution in [3.63, 3.8) is 0 Å². The van der Waals surface area contributed by atoms with Crippen molar-refractivity contribution in [1.29, 1.82) is 0 Å². The summed E-state index contributed by atoms with van der Waals surface area (Å²) in [5, 5.41) is 3.58. The Morgan fingerprint density at radius 2 is 2.18 bits per heavy atom. The van der Waals surface area contributed by atoms with Gasteiger partial charge in [0.1, 0.15) is 0 Å². The van der Waals surface area contributed by atoms with Crippen LogP contribution in [0.2, 0.25) is 0 Å². The molecule has 2 rings (SSSR count). The van der Waals surface area contributed by atoms with Gasteiger partial charge in [-0.15, -0.1) is 0 Å². The SMILES string of the molecule is CCC1CN(C(C)c2ccccc2C)CCN1. The number of aryl methyl sites for hydroxylation is 1. The lowest BCUT2D eigenvalue weighted by Gasteiger charge is -2.37. The van der Waals surface area contributed by atoms with E-state index in [1.54, 1.807) is 0 Å². The van der Waals surface area contributed by atoms with Crippen molar-refractivity contribution in [1.82, 2.24) is 10.2 Å². The molecule has 0 bridgehead atoms. The number of nitrogens with zero attached hydrogens (tertiary/aromatic N) is 1. The summed E-state index contributed by atoms with van der Waals surface area (Å²) in [6, 6.07) is 9.95. The monoisotopic (exact) mass is 232 g/mol. The van der Waals surface area contributed by atoms with Gasteiger partial charge in [-0.2, -0.15) is 0 Å². The molecule has 1 aromatic carbocycles. The van der Waals surface area contributed by atoms with Gasteiger partial charge in [0.05, 0.1) is 0 Å². The van der Waals surface area contributed by atoms with Crippen LogP contribution in [0.1, 0.15) is 37.4 Å². The highest BCUT2D eigenvalue weighted by Crippen LogP contribution is 2.24. The van der Waals surface area contributed by atoms with Gasteiger partial charge in [-0.3, -0.25) is 4.90 Å². The molecule has 2 nitrogen and oxygen atoms in total. The molecule has 0 aromatic heterocycles. The third kappa shape index (κ3) is 2.88. The number of rotatable bonds is 3. The maximum atomic E-state index is 3.58. The summed E-state index contributed by atoms with van der Waals surface area (Å²) < 4.78 is 0. The number of piperazine rings is 1. The first-order valence-electron chi connectivity index (χ1n) is 6.75. The van der Waals surface area contributed by atoms with Crippen LogP contribution >= 0.6 is 0 Å². The third-order valence-corrected chi connectivity index (χ3v) is 3.97. The van der Waals surface area contributed by atoms with E-state index in [1.165, 1.54) is 24.1 Å². The summed E-state index contributed by atoms with van der Waals surface area (Å²) in [6.45, 7) is 10.3. The second kappa shape index (κ2) is 5.65. The zero-order valence-electron chi connectivity index (χ0n) is 11.2. The van der Waals surface area contributed by atoms with Crippen LogP contribution in [0.3, 0.4) is 0 Å². The molecule has 1 aromatic rings. The molecule has 0 saturated carbocycles. The van der Waals surface area contributed by atoms with E-state index in [-0.39, 0.29) is 0 Å². The lowest BCUT2D eigenvalue weighted by Crippen LogP contribution is -2.50. The number of nitrogens with one attached hydrogen (secondary N) is 1. The van der Waals surface area contributed by atoms with Crippen LogP contribution in [0.5, 0.6) is 0 Å². The topological polar surface area (TPSA) is 15.3 Å². The normalized spacial score (nSPS) is 23.6. The van der Waals surface area contributed by atoms with Gasteiger partial charge in [0, 0.05) is 31.7 Å². The summed E-state index contributed by atoms with van der Waals surface area (Å²) in [5.41, 5.74) is 2.89. The van der Waals surface area contributed by atoms with Gasteiger partial charge in [0.2, 0.25) is 0 Å². The van der Waals surface area contributed by atoms with E-state index in [1.807, 2.05) is 0 Å². The Labute approximate surface area is 105 Å². The molecule has 94 valence electrons. The fourth-order valence-corrected chi connectivity index (χ4v) is 2.73. The van der Waals surface area contributed by atoms with Gasteiger partial charge in [-0.1, -0.05) is 31.2 Å². The van der Waals surface area contributed by atoms with Gasteiger partial charge < -0.3 is 5.32 Å². The van der Waals surface area contributed by atoms with Crippen molar-refractivity contribution in [3.8, 4) is 0 Å². The summed E-state index contributed by atoms with van der Waals surface area (Å²) >= 11 is 0. The minimum absolute atomic E-state index is 0.535. The van der Waals surface area contributed by atoms with Gasteiger partial charge in [0.25, 0.3) is 0 Å². The zero-order valence-corrected chi connectivity index (χ0v) is 11.2. The molecular formula is C15H24N2. The molecule has 1 aliphatic rings. The summed E-state index contributed by atoms with van der Waals surface area (Å²) in [5.74, 6) is 0. The Morgan fingerprint density at radius 3 is 2.88 bits per heavy atom. The van der Waals surface area contributed by atoms with E-state index < -0.39 is 0 Å². The van der Waals surface area contributed by atoms with Crippen LogP contribution in [0.4, 0.5) is 0 Å². The average Bonchev–Trinajstić information content (AvgIpc) is 2.38. The highest BCUT2D eigenvalue weighted by atomic mass is 15.2. The van der Waals surface area contributed by atoms with Crippen LogP contribution in [0.15, 0.2) is 24.3 Å². The molecule has 0 spiro atoms. The Hall–Kier alpha value is -0.860. The quantitative estimate of drug-likeness (QED) is 0.862. The largest absolute Gasteiger partial charge is 0.311 e. The summed E-state index contributed by atoms with van der Waals surface area (Å²) in [7, 11) is 0. The zero-order chi connectivity index (χ0) is 12.3. The van der Waals surface area contributed by atoms with E-state index in [0.29, 0.717) is 12.1 Å². The second-order valence-corrected chi connectivity index (χ2v) is 5.09. The van der Waals surface area contributed by atoms with Crippen LogP contribution in [-0.2, 0) is 0 Å². The highest BCUT2D eigenvalue weighted by molar-refractivity contribution is 5.28. The van der Waals surface area contributed by atoms with Crippen molar-refractivity contribution >= 4 is 0 Å². The molecule has 1 heterocycles. The summed E-state index contributed by atoms with van der Waals surface area (Å²) in [4.78, 5) is 2.60. The van der Waals surface area contributed by atoms with Gasteiger partial charge in [-0.05, 0) is 31.4 Å². The lowest BCUT2D eigenvalue weighted by atomic mass is 10.00. The molecular weight excluding hydrogens is 208 g/mol. The molecule has 1 fully saturated rings. The minimum atomic E-state index is 0.535. The molecule has 2 heteroatoms. The van der Waals surface area contributed by atoms with Gasteiger partial charge in [-0.25, -0.2) is 0 Å². The van der Waals surface area contributed by atoms with E-state index in [4.69, 9.17) is 0 Å². The molecule has 2 unspecified atom stereocenters. The second-order valence-electron chi connectivity index (χ2n) is 5.09. The van der Waals surface area contributed by atoms with Crippen molar-refractivity contribution in [2.24, 2.45) is 0 Å². The molecule has 0 radical (unpaired) electrons. The first-order chi connectivity index (χ1) is 8.22. The van der Waals surface area contributed by atoms with Crippen molar-refractivity contribution in [3.05, 3.63) is 35.4 Å². The van der Waals surface area contributed by atoms with Gasteiger partial charge in [0.15, 0.2) is 0 Å². The average molecular weight is 232 g/mol. The number of hydrogen-bond donors (Lipinski definition) is 1. The van der Waals surface area contributed by atoms with Crippen molar-refractivity contribution in [2.75, 3.05) is 19.6 Å². The molecule has 17 heavy (non-hydrogen) atoms. The Morgan fingerprint density at radius 1 is 1.41 bits per heavy atom. The van der Waals surface area contributed by atoms with E-state index >= 15 is 0 Å². The van der Waals surface area contributed by atoms with Crippen LogP contribution in [0, 0.1) is 6.92 Å². The van der Waals surface area contributed by atoms with Crippen molar-refractivity contribution in [2.45, 2.75) is 39.3 Å². The maximum absolute atomic E-state index is 3.58. The molecule has 0 amide bonds. The molecule has 0 aliphatic carbocycles. The first kappa shape index (κ1) is 12.6. The summed E-state index contributed by atoms with van der Waals surface area (Å²) in [6.07, 6.45) is 1.22. The Bertz CT molecular complexity index is 362. The van der Waals surface area contributed by atoms with E-state index in [0.717, 1.165) is 13.1 Å². The van der Waals surface area contributed by atoms with Crippen LogP contribution in [-0.4, -0.2) is 30.6 Å². The smallest absolute Gasteiger partial charge is 0.0323 e. The predicted octanol–water partition coefficient (Wildman–Crippen LogP) is 2.74. The fourth-order valence-electron chi connectivity index (χ4n) is 2.73. The Kier molecular flexibility index (Phi) is 4.19. The minimum Gasteiger partial charge on any atom is -0.311 e. The highest BCUT2D eigenvalue weighted by Gasteiger charge is 2.23. The number of benzene rings is 1. The maximum Gasteiger partial charge on any atom is 0.0323 e. The predicted molar refractivity (Wildman–Crippen MR) is 73.2 cm³/mol. The fraction of sp³-hybridized carbons (Fsp3) is 0.600. The Balaban J connectivity index is 2.09. The van der Waals surface area contributed by atoms with Crippen LogP contribution < -0.4 is 5.32 Å². The standard InChI is InChI=1S/C15H24N2/c1-4-14-11-17(10-9-16-14)13(3)15-8-6-5-7-12(15)2/h5-8,13-14,16H,4,9-11H2,1-3H3. The van der Waals surface area contributed by atoms with E-state index in [2.05, 4.69) is 55.3 Å². The number of hydrogen-bond acceptors (Lipinski definition) is 2. The molecule has 1 N–H and O–H groups in total. The third-order valence-electron chi connectivity index (χ3n) is 3.97. The first-order valence-corrected chi connectivity index (χ1v) is 6.75. The molecule has 1 aliphatic heterocycles. The molecule has 1 saturated heterocycles.